The average molecular weight is 86.1 g/mol. The monoisotopic (exact) mass is 86.1 g/mol. The van der Waals surface area contributed by atoms with Crippen LogP contribution in [0, 0.1) is 0 Å². The van der Waals surface area contributed by atoms with E-state index in [4.69, 9.17) is 4.74 Å². The zero-order chi connectivity index (χ0) is 4.41. The van der Waals surface area contributed by atoms with Crippen LogP contribution in [0.5, 0.6) is 0 Å². The molecule has 0 saturated carbocycles. The van der Waals surface area contributed by atoms with E-state index in [1.165, 1.54) is 0 Å². The summed E-state index contributed by atoms with van der Waals surface area (Å²) >= 11 is 0. The topological polar surface area (TPSA) is 23.3 Å². The first kappa shape index (κ1) is 4.09. The molecule has 1 saturated heterocycles. The molecule has 1 atom stereocenters. The lowest BCUT2D eigenvalue weighted by Gasteiger charge is -1.93. The summed E-state index contributed by atoms with van der Waals surface area (Å²) in [6.07, 6.45) is 0.171. The quantitative estimate of drug-likeness (QED) is 0.406. The third-order valence-corrected chi connectivity index (χ3v) is 0.837. The fourth-order valence-electron chi connectivity index (χ4n) is 0.510. The Balaban J connectivity index is 2.18. The highest BCUT2D eigenvalue weighted by Gasteiger charge is 2.07. The van der Waals surface area contributed by atoms with Gasteiger partial charge >= 0.3 is 0 Å². The van der Waals surface area contributed by atoms with E-state index >= 15 is 0 Å². The summed E-state index contributed by atoms with van der Waals surface area (Å²) < 4.78 is 4.99. The largest absolute Gasteiger partial charge is 0.361 e. The Hall–Kier alpha value is -0.0800. The van der Waals surface area contributed by atoms with E-state index in [9.17, 15) is 0 Å². The van der Waals surface area contributed by atoms with E-state index in [0.29, 0.717) is 0 Å². The van der Waals surface area contributed by atoms with E-state index in [1.807, 2.05) is 6.92 Å². The fraction of sp³-hybridized carbons (Fsp3) is 1.00. The van der Waals surface area contributed by atoms with Crippen molar-refractivity contribution in [2.75, 3.05) is 13.2 Å². The molecule has 1 aliphatic rings. The molecule has 0 bridgehead atoms. The molecule has 35 valence electrons. The van der Waals surface area contributed by atoms with Crippen LogP contribution in [0.4, 0.5) is 0 Å². The average Bonchev–Trinajstić information content (AvgIpc) is 1.86. The Labute approximate surface area is 37.5 Å². The van der Waals surface area contributed by atoms with Crippen LogP contribution in [-0.4, -0.2) is 19.4 Å². The van der Waals surface area contributed by atoms with Gasteiger partial charge in [-0.1, -0.05) is 0 Å². The SMILES string of the molecule is CC1[N]CCO1. The van der Waals surface area contributed by atoms with Crippen molar-refractivity contribution in [2.24, 2.45) is 0 Å². The molecule has 0 amide bonds. The highest BCUT2D eigenvalue weighted by Crippen LogP contribution is 1.92. The van der Waals surface area contributed by atoms with Gasteiger partial charge in [0.1, 0.15) is 6.23 Å². The van der Waals surface area contributed by atoms with Gasteiger partial charge in [0.15, 0.2) is 0 Å². The van der Waals surface area contributed by atoms with Gasteiger partial charge in [-0.15, -0.1) is 0 Å². The molecule has 1 aliphatic heterocycles. The Kier molecular flexibility index (Phi) is 1.08. The third-order valence-electron chi connectivity index (χ3n) is 0.837. The van der Waals surface area contributed by atoms with Crippen LogP contribution in [0.3, 0.4) is 0 Å². The predicted molar refractivity (Wildman–Crippen MR) is 22.4 cm³/mol. The summed E-state index contributed by atoms with van der Waals surface area (Å²) in [7, 11) is 0. The van der Waals surface area contributed by atoms with Crippen molar-refractivity contribution in [3.8, 4) is 0 Å². The van der Waals surface area contributed by atoms with Gasteiger partial charge in [0.25, 0.3) is 0 Å². The standard InChI is InChI=1S/C4H8NO/c1-4-5-2-3-6-4/h4H,2-3H2,1H3. The smallest absolute Gasteiger partial charge is 0.120 e. The predicted octanol–water partition coefficient (Wildman–Crippen LogP) is -0.0330. The molecule has 1 fully saturated rings. The van der Waals surface area contributed by atoms with E-state index in [2.05, 4.69) is 5.32 Å². The van der Waals surface area contributed by atoms with Crippen molar-refractivity contribution in [1.29, 1.82) is 0 Å². The number of ether oxygens (including phenoxy) is 1. The maximum atomic E-state index is 4.99. The van der Waals surface area contributed by atoms with E-state index in [0.717, 1.165) is 13.2 Å². The van der Waals surface area contributed by atoms with E-state index in [1.54, 1.807) is 0 Å². The van der Waals surface area contributed by atoms with Crippen LogP contribution >= 0.6 is 0 Å². The van der Waals surface area contributed by atoms with Gasteiger partial charge in [-0.3, -0.25) is 0 Å². The Bertz CT molecular complexity index is 40.8. The second kappa shape index (κ2) is 1.58. The number of nitrogens with zero attached hydrogens (tertiary/aromatic N) is 1. The molecule has 2 nitrogen and oxygen atoms in total. The molecule has 1 heterocycles. The first-order valence-corrected chi connectivity index (χ1v) is 2.18. The number of hydrogen-bond acceptors (Lipinski definition) is 1. The van der Waals surface area contributed by atoms with E-state index in [-0.39, 0.29) is 6.23 Å². The lowest BCUT2D eigenvalue weighted by atomic mass is 10.7. The summed E-state index contributed by atoms with van der Waals surface area (Å²) in [5.41, 5.74) is 0. The van der Waals surface area contributed by atoms with Crippen LogP contribution in [0.25, 0.3) is 0 Å². The lowest BCUT2D eigenvalue weighted by Crippen LogP contribution is -2.08. The molecule has 0 aromatic rings. The minimum absolute atomic E-state index is 0.171. The third kappa shape index (κ3) is 0.698. The second-order valence-corrected chi connectivity index (χ2v) is 1.38. The maximum Gasteiger partial charge on any atom is 0.120 e. The molecular formula is C4H8NO. The van der Waals surface area contributed by atoms with Crippen LogP contribution in [0.1, 0.15) is 6.92 Å². The highest BCUT2D eigenvalue weighted by atomic mass is 16.5. The molecule has 0 aromatic carbocycles. The molecule has 2 heteroatoms. The molecular weight excluding hydrogens is 78.0 g/mol. The minimum Gasteiger partial charge on any atom is -0.361 e. The number of hydrogen-bond donors (Lipinski definition) is 0. The molecule has 0 aromatic heterocycles. The van der Waals surface area contributed by atoms with Crippen molar-refractivity contribution in [2.45, 2.75) is 13.2 Å². The Morgan fingerprint density at radius 1 is 1.83 bits per heavy atom. The fourth-order valence-corrected chi connectivity index (χ4v) is 0.510. The van der Waals surface area contributed by atoms with Crippen LogP contribution in [0.15, 0.2) is 0 Å². The van der Waals surface area contributed by atoms with Gasteiger partial charge in [-0.05, 0) is 6.92 Å². The van der Waals surface area contributed by atoms with Gasteiger partial charge in [0.2, 0.25) is 0 Å². The van der Waals surface area contributed by atoms with E-state index < -0.39 is 0 Å². The zero-order valence-corrected chi connectivity index (χ0v) is 3.85. The van der Waals surface area contributed by atoms with Crippen molar-refractivity contribution >= 4 is 0 Å². The second-order valence-electron chi connectivity index (χ2n) is 1.38. The summed E-state index contributed by atoms with van der Waals surface area (Å²) in [6, 6.07) is 0. The molecule has 1 radical (unpaired) electrons. The highest BCUT2D eigenvalue weighted by molar-refractivity contribution is 4.53. The molecule has 6 heavy (non-hydrogen) atoms. The summed E-state index contributed by atoms with van der Waals surface area (Å²) in [4.78, 5) is 0. The molecule has 0 N–H and O–H groups in total. The van der Waals surface area contributed by atoms with Crippen LogP contribution < -0.4 is 5.32 Å². The summed E-state index contributed by atoms with van der Waals surface area (Å²) in [5, 5.41) is 4.01. The van der Waals surface area contributed by atoms with Crippen molar-refractivity contribution in [1.82, 2.24) is 5.32 Å². The maximum absolute atomic E-state index is 4.99. The Morgan fingerprint density at radius 2 is 2.67 bits per heavy atom. The summed E-state index contributed by atoms with van der Waals surface area (Å²) in [6.45, 7) is 3.66. The minimum atomic E-state index is 0.171. The molecule has 1 rings (SSSR count). The lowest BCUT2D eigenvalue weighted by molar-refractivity contribution is 0.115. The molecule has 0 spiro atoms. The number of rotatable bonds is 0. The first-order chi connectivity index (χ1) is 2.89. The van der Waals surface area contributed by atoms with Gasteiger partial charge in [0, 0.05) is 6.54 Å². The van der Waals surface area contributed by atoms with Gasteiger partial charge in [-0.2, -0.15) is 0 Å². The zero-order valence-electron chi connectivity index (χ0n) is 3.85. The van der Waals surface area contributed by atoms with Crippen molar-refractivity contribution < 1.29 is 4.74 Å². The molecule has 1 unspecified atom stereocenters. The van der Waals surface area contributed by atoms with Crippen LogP contribution in [-0.2, 0) is 4.74 Å². The molecule has 0 aliphatic carbocycles. The van der Waals surface area contributed by atoms with Crippen LogP contribution in [0.2, 0.25) is 0 Å². The summed E-state index contributed by atoms with van der Waals surface area (Å²) in [5.74, 6) is 0. The Morgan fingerprint density at radius 3 is 2.83 bits per heavy atom. The normalized spacial score (nSPS) is 34.5. The first-order valence-electron chi connectivity index (χ1n) is 2.18. The van der Waals surface area contributed by atoms with Gasteiger partial charge < -0.3 is 4.74 Å². The van der Waals surface area contributed by atoms with Crippen molar-refractivity contribution in [3.63, 3.8) is 0 Å². The van der Waals surface area contributed by atoms with Crippen molar-refractivity contribution in [3.05, 3.63) is 0 Å². The van der Waals surface area contributed by atoms with Gasteiger partial charge in [-0.25, -0.2) is 5.32 Å². The van der Waals surface area contributed by atoms with Gasteiger partial charge in [0.05, 0.1) is 6.61 Å².